The third-order valence-corrected chi connectivity index (χ3v) is 4.71. The lowest BCUT2D eigenvalue weighted by molar-refractivity contribution is -0.178. The molecule has 5 nitrogen and oxygen atoms in total. The molecule has 1 unspecified atom stereocenters. The van der Waals surface area contributed by atoms with Gasteiger partial charge in [-0.3, -0.25) is 4.21 Å². The smallest absolute Gasteiger partial charge is 0.158 e. The highest BCUT2D eigenvalue weighted by molar-refractivity contribution is 7.92. The van der Waals surface area contributed by atoms with Crippen LogP contribution >= 0.6 is 0 Å². The summed E-state index contributed by atoms with van der Waals surface area (Å²) in [6.45, 7) is 1.36. The molecule has 0 bridgehead atoms. The van der Waals surface area contributed by atoms with Crippen LogP contribution in [0.25, 0.3) is 0 Å². The summed E-state index contributed by atoms with van der Waals surface area (Å²) in [5, 5.41) is 0. The fourth-order valence-electron chi connectivity index (χ4n) is 1.28. The monoisotopic (exact) mass is 270 g/mol. The van der Waals surface area contributed by atoms with E-state index in [0.717, 1.165) is 12.7 Å². The van der Waals surface area contributed by atoms with Crippen LogP contribution in [0.4, 0.5) is 0 Å². The van der Waals surface area contributed by atoms with Crippen molar-refractivity contribution in [2.24, 2.45) is 0 Å². The quantitative estimate of drug-likeness (QED) is 0.676. The van der Waals surface area contributed by atoms with Crippen molar-refractivity contribution in [3.63, 3.8) is 0 Å². The summed E-state index contributed by atoms with van der Waals surface area (Å²) in [6.07, 6.45) is 2.35. The molecule has 1 atom stereocenters. The molecular weight excluding hydrogens is 252 g/mol. The van der Waals surface area contributed by atoms with E-state index >= 15 is 0 Å². The second kappa shape index (κ2) is 6.68. The van der Waals surface area contributed by atoms with E-state index in [1.54, 1.807) is 0 Å². The summed E-state index contributed by atoms with van der Waals surface area (Å²) in [5.41, 5.74) is 0. The van der Waals surface area contributed by atoms with Crippen LogP contribution in [0.3, 0.4) is 0 Å². The van der Waals surface area contributed by atoms with Gasteiger partial charge in [0.15, 0.2) is 6.29 Å². The lowest BCUT2D eigenvalue weighted by atomic mass is 10.4. The van der Waals surface area contributed by atoms with Gasteiger partial charge in [0.25, 0.3) is 0 Å². The molecule has 0 saturated carbocycles. The maximum atomic E-state index is 11.5. The Balaban J connectivity index is 2.14. The van der Waals surface area contributed by atoms with E-state index in [9.17, 15) is 12.6 Å². The van der Waals surface area contributed by atoms with Crippen LogP contribution < -0.4 is 0 Å². The molecule has 1 rings (SSSR count). The number of ether oxygens (including phenoxy) is 2. The van der Waals surface area contributed by atoms with Gasteiger partial charge in [0.1, 0.15) is 9.84 Å². The molecule has 1 heterocycles. The average molecular weight is 270 g/mol. The Hall–Kier alpha value is 0.0200. The van der Waals surface area contributed by atoms with Gasteiger partial charge < -0.3 is 9.47 Å². The van der Waals surface area contributed by atoms with Crippen molar-refractivity contribution in [3.8, 4) is 0 Å². The minimum Gasteiger partial charge on any atom is -0.353 e. The molecule has 1 saturated heterocycles. The lowest BCUT2D eigenvalue weighted by Gasteiger charge is -2.22. The summed E-state index contributed by atoms with van der Waals surface area (Å²) in [6, 6.07) is 0. The second-order valence-corrected chi connectivity index (χ2v) is 7.75. The Morgan fingerprint density at radius 2 is 1.88 bits per heavy atom. The first-order chi connectivity index (χ1) is 7.47. The second-order valence-electron chi connectivity index (χ2n) is 3.79. The number of hydrogen-bond donors (Lipinski definition) is 0. The van der Waals surface area contributed by atoms with Gasteiger partial charge in [-0.05, 0) is 6.42 Å². The molecule has 7 heteroatoms. The zero-order valence-corrected chi connectivity index (χ0v) is 11.0. The molecule has 0 aliphatic carbocycles. The first-order valence-corrected chi connectivity index (χ1v) is 8.78. The molecule has 0 aromatic carbocycles. The van der Waals surface area contributed by atoms with Gasteiger partial charge in [-0.15, -0.1) is 0 Å². The van der Waals surface area contributed by atoms with E-state index in [4.69, 9.17) is 9.47 Å². The fourth-order valence-corrected chi connectivity index (χ4v) is 3.89. The van der Waals surface area contributed by atoms with Gasteiger partial charge in [-0.1, -0.05) is 0 Å². The van der Waals surface area contributed by atoms with Gasteiger partial charge in [0.2, 0.25) is 0 Å². The Labute approximate surface area is 98.9 Å². The summed E-state index contributed by atoms with van der Waals surface area (Å²) in [5.74, 6) is 0.609. The summed E-state index contributed by atoms with van der Waals surface area (Å²) in [4.78, 5) is 0. The fraction of sp³-hybridized carbons (Fsp3) is 1.00. The SMILES string of the molecule is CS(=O)(=O)CCS(=O)CCC1OCCCO1. The zero-order valence-electron chi connectivity index (χ0n) is 9.38. The Bertz CT molecular complexity index is 319. The third-order valence-electron chi connectivity index (χ3n) is 2.16. The van der Waals surface area contributed by atoms with Crippen LogP contribution in [0.15, 0.2) is 0 Å². The van der Waals surface area contributed by atoms with Gasteiger partial charge in [0.05, 0.1) is 19.0 Å². The van der Waals surface area contributed by atoms with E-state index in [1.165, 1.54) is 0 Å². The minimum atomic E-state index is -3.02. The zero-order chi connectivity index (χ0) is 12.0. The average Bonchev–Trinajstić information content (AvgIpc) is 2.24. The van der Waals surface area contributed by atoms with E-state index in [1.807, 2.05) is 0 Å². The van der Waals surface area contributed by atoms with Crippen LogP contribution in [-0.4, -0.2) is 55.6 Å². The molecule has 16 heavy (non-hydrogen) atoms. The van der Waals surface area contributed by atoms with Crippen LogP contribution in [0, 0.1) is 0 Å². The Morgan fingerprint density at radius 3 is 2.44 bits per heavy atom. The molecule has 0 aromatic heterocycles. The van der Waals surface area contributed by atoms with Crippen molar-refractivity contribution >= 4 is 20.6 Å². The van der Waals surface area contributed by atoms with Gasteiger partial charge in [-0.2, -0.15) is 0 Å². The maximum absolute atomic E-state index is 11.5. The minimum absolute atomic E-state index is 0.0218. The Kier molecular flexibility index (Phi) is 5.88. The first-order valence-electron chi connectivity index (χ1n) is 5.23. The topological polar surface area (TPSA) is 69.7 Å². The van der Waals surface area contributed by atoms with Crippen LogP contribution in [0.5, 0.6) is 0 Å². The van der Waals surface area contributed by atoms with Crippen molar-refractivity contribution in [2.45, 2.75) is 19.1 Å². The highest BCUT2D eigenvalue weighted by Gasteiger charge is 2.15. The largest absolute Gasteiger partial charge is 0.353 e. The van der Waals surface area contributed by atoms with E-state index in [0.29, 0.717) is 25.4 Å². The predicted octanol–water partition coefficient (Wildman–Crippen LogP) is -0.0672. The molecule has 1 fully saturated rings. The molecule has 0 spiro atoms. The van der Waals surface area contributed by atoms with E-state index in [-0.39, 0.29) is 17.8 Å². The lowest BCUT2D eigenvalue weighted by Crippen LogP contribution is -2.27. The van der Waals surface area contributed by atoms with Crippen molar-refractivity contribution < 1.29 is 22.1 Å². The predicted molar refractivity (Wildman–Crippen MR) is 62.5 cm³/mol. The summed E-state index contributed by atoms with van der Waals surface area (Å²) < 4.78 is 43.8. The van der Waals surface area contributed by atoms with E-state index < -0.39 is 20.6 Å². The number of hydrogen-bond acceptors (Lipinski definition) is 5. The molecule has 1 aliphatic heterocycles. The van der Waals surface area contributed by atoms with Crippen molar-refractivity contribution in [2.75, 3.05) is 36.7 Å². The van der Waals surface area contributed by atoms with Gasteiger partial charge in [-0.25, -0.2) is 8.42 Å². The van der Waals surface area contributed by atoms with Crippen molar-refractivity contribution in [1.29, 1.82) is 0 Å². The molecular formula is C9H18O5S2. The normalized spacial score (nSPS) is 20.8. The first kappa shape index (κ1) is 14.1. The Morgan fingerprint density at radius 1 is 1.25 bits per heavy atom. The molecule has 0 N–H and O–H groups in total. The highest BCUT2D eigenvalue weighted by Crippen LogP contribution is 2.09. The molecule has 0 aromatic rings. The van der Waals surface area contributed by atoms with Crippen LogP contribution in [0.2, 0.25) is 0 Å². The standard InChI is InChI=1S/C9H18O5S2/c1-16(11,12)8-7-15(10)6-3-9-13-4-2-5-14-9/h9H,2-8H2,1H3. The summed E-state index contributed by atoms with van der Waals surface area (Å²) in [7, 11) is -4.13. The van der Waals surface area contributed by atoms with Crippen LogP contribution in [0.1, 0.15) is 12.8 Å². The highest BCUT2D eigenvalue weighted by atomic mass is 32.2. The molecule has 0 amide bonds. The van der Waals surface area contributed by atoms with Crippen molar-refractivity contribution in [1.82, 2.24) is 0 Å². The van der Waals surface area contributed by atoms with Gasteiger partial charge in [0, 0.05) is 35.0 Å². The van der Waals surface area contributed by atoms with Crippen LogP contribution in [-0.2, 0) is 30.1 Å². The molecule has 96 valence electrons. The number of rotatable bonds is 6. The van der Waals surface area contributed by atoms with Gasteiger partial charge >= 0.3 is 0 Å². The third kappa shape index (κ3) is 6.57. The number of sulfone groups is 1. The van der Waals surface area contributed by atoms with Crippen molar-refractivity contribution in [3.05, 3.63) is 0 Å². The van der Waals surface area contributed by atoms with E-state index in [2.05, 4.69) is 0 Å². The molecule has 0 radical (unpaired) electrons. The maximum Gasteiger partial charge on any atom is 0.158 e. The molecule has 1 aliphatic rings. The summed E-state index contributed by atoms with van der Waals surface area (Å²) >= 11 is 0.